The van der Waals surface area contributed by atoms with Crippen molar-refractivity contribution in [3.63, 3.8) is 0 Å². The fourth-order valence-corrected chi connectivity index (χ4v) is 5.92. The highest BCUT2D eigenvalue weighted by Crippen LogP contribution is 2.36. The molecule has 1 aromatic heterocycles. The largest absolute Gasteiger partial charge is 0.368 e. The van der Waals surface area contributed by atoms with Gasteiger partial charge in [0.15, 0.2) is 0 Å². The van der Waals surface area contributed by atoms with Gasteiger partial charge < -0.3 is 14.7 Å². The van der Waals surface area contributed by atoms with E-state index < -0.39 is 0 Å². The van der Waals surface area contributed by atoms with Crippen LogP contribution in [0.1, 0.15) is 66.7 Å². The maximum atomic E-state index is 14.0. The zero-order valence-electron chi connectivity index (χ0n) is 25.0. The van der Waals surface area contributed by atoms with Crippen LogP contribution < -0.4 is 9.80 Å². The lowest BCUT2D eigenvalue weighted by Gasteiger charge is -2.37. The minimum absolute atomic E-state index is 0.0297. The first-order valence-corrected chi connectivity index (χ1v) is 14.5. The molecule has 1 saturated heterocycles. The number of rotatable bonds is 7. The van der Waals surface area contributed by atoms with E-state index in [4.69, 9.17) is 9.98 Å². The molecule has 4 rings (SSSR count). The molecule has 0 atom stereocenters. The minimum atomic E-state index is 0.0297. The summed E-state index contributed by atoms with van der Waals surface area (Å²) in [6.07, 6.45) is 9.19. The molecule has 1 aromatic rings. The van der Waals surface area contributed by atoms with Gasteiger partial charge in [-0.05, 0) is 82.9 Å². The van der Waals surface area contributed by atoms with E-state index in [2.05, 4.69) is 60.4 Å². The third-order valence-electron chi connectivity index (χ3n) is 8.47. The Morgan fingerprint density at radius 3 is 2.38 bits per heavy atom. The zero-order chi connectivity index (χ0) is 28.3. The van der Waals surface area contributed by atoms with Crippen LogP contribution in [0.5, 0.6) is 0 Å². The van der Waals surface area contributed by atoms with Gasteiger partial charge in [0.05, 0.1) is 11.9 Å². The van der Waals surface area contributed by atoms with Gasteiger partial charge in [-0.25, -0.2) is 9.98 Å². The van der Waals surface area contributed by atoms with Crippen LogP contribution in [0.15, 0.2) is 69.7 Å². The van der Waals surface area contributed by atoms with E-state index in [1.807, 2.05) is 38.9 Å². The highest BCUT2D eigenvalue weighted by Gasteiger charge is 2.39. The summed E-state index contributed by atoms with van der Waals surface area (Å²) in [7, 11) is 4.20. The van der Waals surface area contributed by atoms with Gasteiger partial charge in [0, 0.05) is 50.4 Å². The van der Waals surface area contributed by atoms with Gasteiger partial charge in [0.1, 0.15) is 17.5 Å². The molecule has 39 heavy (non-hydrogen) atoms. The lowest BCUT2D eigenvalue weighted by Crippen LogP contribution is -2.48. The molecule has 0 spiro atoms. The van der Waals surface area contributed by atoms with Crippen LogP contribution in [0.4, 0.5) is 11.5 Å². The van der Waals surface area contributed by atoms with E-state index in [1.54, 1.807) is 0 Å². The Bertz CT molecular complexity index is 1210. The monoisotopic (exact) mass is 530 g/mol. The number of aromatic nitrogens is 1. The number of aliphatic imine (C=N–C) groups is 1. The van der Waals surface area contributed by atoms with Gasteiger partial charge in [-0.1, -0.05) is 32.4 Å². The van der Waals surface area contributed by atoms with Crippen LogP contribution in [0.2, 0.25) is 0 Å². The summed E-state index contributed by atoms with van der Waals surface area (Å²) in [5.74, 6) is 2.46. The Labute approximate surface area is 235 Å². The van der Waals surface area contributed by atoms with Crippen LogP contribution >= 0.6 is 0 Å². The number of nitrogens with zero attached hydrogens (tertiary/aromatic N) is 6. The molecule has 0 radical (unpaired) electrons. The van der Waals surface area contributed by atoms with Gasteiger partial charge in [-0.15, -0.1) is 0 Å². The molecule has 7 nitrogen and oxygen atoms in total. The SMILES string of the molecule is C=C(C)C1=C(C)C(=C/C)/C(=N\C(=C(/C)CC)N(C)c2ccc(N3CCN(C)CC3)cn2)N(C2CCCC2)C1=O. The number of carbonyl (C=O) groups excluding carboxylic acids is 1. The molecule has 2 aliphatic heterocycles. The van der Waals surface area contributed by atoms with Crippen LogP contribution in [-0.2, 0) is 4.79 Å². The maximum Gasteiger partial charge on any atom is 0.260 e. The standard InChI is InChI=1S/C32H46N6O/c1-9-23(5)30(36(8)28-16-15-26(21-33-28)37-19-17-35(7)18-20-37)34-31-27(10-2)24(6)29(22(3)4)32(39)38(31)25-13-11-12-14-25/h10,15-16,21,25H,3,9,11-14,17-20H2,1-2,4-8H3/b27-10-,30-23-,34-31+. The predicted molar refractivity (Wildman–Crippen MR) is 163 cm³/mol. The van der Waals surface area contributed by atoms with Crippen molar-refractivity contribution in [3.8, 4) is 0 Å². The molecule has 0 bridgehead atoms. The number of amidine groups is 1. The average Bonchev–Trinajstić information content (AvgIpc) is 3.46. The summed E-state index contributed by atoms with van der Waals surface area (Å²) in [5.41, 5.74) is 5.79. The Morgan fingerprint density at radius 1 is 1.18 bits per heavy atom. The second-order valence-electron chi connectivity index (χ2n) is 11.2. The molecule has 0 N–H and O–H groups in total. The molecule has 0 unspecified atom stereocenters. The van der Waals surface area contributed by atoms with Crippen LogP contribution in [-0.4, -0.2) is 72.8 Å². The topological polar surface area (TPSA) is 55.3 Å². The molecule has 3 aliphatic rings. The predicted octanol–water partition coefficient (Wildman–Crippen LogP) is 5.93. The van der Waals surface area contributed by atoms with Crippen molar-refractivity contribution in [3.05, 3.63) is 64.7 Å². The van der Waals surface area contributed by atoms with Gasteiger partial charge >= 0.3 is 0 Å². The smallest absolute Gasteiger partial charge is 0.260 e. The molecule has 1 saturated carbocycles. The quantitative estimate of drug-likeness (QED) is 0.437. The first-order valence-electron chi connectivity index (χ1n) is 14.5. The molecule has 7 heteroatoms. The maximum absolute atomic E-state index is 14.0. The highest BCUT2D eigenvalue weighted by molar-refractivity contribution is 6.20. The second kappa shape index (κ2) is 12.3. The Hall–Kier alpha value is -3.19. The normalized spacial score (nSPS) is 22.3. The zero-order valence-corrected chi connectivity index (χ0v) is 25.0. The first-order chi connectivity index (χ1) is 18.7. The van der Waals surface area contributed by atoms with Crippen LogP contribution in [0, 0.1) is 0 Å². The number of anilines is 2. The Balaban J connectivity index is 1.75. The number of pyridine rings is 1. The molecular weight excluding hydrogens is 484 g/mol. The third-order valence-corrected chi connectivity index (χ3v) is 8.47. The van der Waals surface area contributed by atoms with Crippen LogP contribution in [0.3, 0.4) is 0 Å². The van der Waals surface area contributed by atoms with Crippen molar-refractivity contribution < 1.29 is 4.79 Å². The highest BCUT2D eigenvalue weighted by atomic mass is 16.2. The summed E-state index contributed by atoms with van der Waals surface area (Å²) >= 11 is 0. The second-order valence-corrected chi connectivity index (χ2v) is 11.2. The number of carbonyl (C=O) groups is 1. The Kier molecular flexibility index (Phi) is 9.11. The minimum Gasteiger partial charge on any atom is -0.368 e. The number of hydrogen-bond donors (Lipinski definition) is 0. The number of allylic oxidation sites excluding steroid dienone is 2. The molecule has 0 aromatic carbocycles. The van der Waals surface area contributed by atoms with E-state index in [1.165, 1.54) is 0 Å². The van der Waals surface area contributed by atoms with Gasteiger partial charge in [0.25, 0.3) is 5.91 Å². The summed E-state index contributed by atoms with van der Waals surface area (Å²) in [5, 5.41) is 0. The summed E-state index contributed by atoms with van der Waals surface area (Å²) in [6, 6.07) is 4.40. The molecule has 2 fully saturated rings. The summed E-state index contributed by atoms with van der Waals surface area (Å²) in [6.45, 7) is 18.5. The van der Waals surface area contributed by atoms with Crippen LogP contribution in [0.25, 0.3) is 0 Å². The lowest BCUT2D eigenvalue weighted by atomic mass is 9.89. The molecule has 1 aliphatic carbocycles. The van der Waals surface area contributed by atoms with Crippen molar-refractivity contribution in [1.29, 1.82) is 0 Å². The lowest BCUT2D eigenvalue weighted by molar-refractivity contribution is -0.125. The Morgan fingerprint density at radius 2 is 1.85 bits per heavy atom. The van der Waals surface area contributed by atoms with Crippen molar-refractivity contribution in [2.45, 2.75) is 72.8 Å². The fraction of sp³-hybridized carbons (Fsp3) is 0.531. The molecule has 3 heterocycles. The number of hydrogen-bond acceptors (Lipinski definition) is 6. The summed E-state index contributed by atoms with van der Waals surface area (Å²) < 4.78 is 0. The third kappa shape index (κ3) is 5.88. The van der Waals surface area contributed by atoms with Gasteiger partial charge in [0.2, 0.25) is 0 Å². The average molecular weight is 531 g/mol. The number of amides is 1. The van der Waals surface area contributed by atoms with E-state index in [0.29, 0.717) is 0 Å². The van der Waals surface area contributed by atoms with E-state index in [9.17, 15) is 4.79 Å². The number of likely N-dealkylation sites (N-methyl/N-ethyl adjacent to an activating group) is 1. The fourth-order valence-electron chi connectivity index (χ4n) is 5.92. The van der Waals surface area contributed by atoms with Crippen molar-refractivity contribution >= 4 is 23.2 Å². The van der Waals surface area contributed by atoms with Gasteiger partial charge in [-0.2, -0.15) is 0 Å². The molecule has 210 valence electrons. The summed E-state index contributed by atoms with van der Waals surface area (Å²) in [4.78, 5) is 32.9. The van der Waals surface area contributed by atoms with Crippen molar-refractivity contribution in [2.24, 2.45) is 4.99 Å². The molecule has 1 amide bonds. The van der Waals surface area contributed by atoms with Crippen molar-refractivity contribution in [1.82, 2.24) is 14.8 Å². The van der Waals surface area contributed by atoms with Crippen molar-refractivity contribution in [2.75, 3.05) is 50.1 Å². The number of piperazine rings is 1. The van der Waals surface area contributed by atoms with E-state index >= 15 is 0 Å². The first kappa shape index (κ1) is 28.8. The van der Waals surface area contributed by atoms with E-state index in [0.717, 1.165) is 109 Å². The molecular formula is C32H46N6O. The van der Waals surface area contributed by atoms with Gasteiger partial charge in [-0.3, -0.25) is 9.69 Å². The van der Waals surface area contributed by atoms with E-state index in [-0.39, 0.29) is 11.9 Å².